The number of nitrogen functional groups attached to an aromatic ring is 1. The minimum atomic E-state index is 0.693. The molecule has 0 bridgehead atoms. The Hall–Kier alpha value is -0.990. The van der Waals surface area contributed by atoms with Crippen LogP contribution in [0.2, 0.25) is 4.34 Å². The monoisotopic (exact) mass is 237 g/mol. The predicted octanol–water partition coefficient (Wildman–Crippen LogP) is 3.88. The van der Waals surface area contributed by atoms with Crippen LogP contribution in [-0.4, -0.2) is 0 Å². The van der Waals surface area contributed by atoms with Crippen LogP contribution >= 0.6 is 22.9 Å². The third-order valence-electron chi connectivity index (χ3n) is 2.50. The largest absolute Gasteiger partial charge is 0.397 e. The standard InChI is InChI=1S/C12H12ClNS/c1-8-4-2-3-5-9(8)6-10-7-15-12(13)11(10)14/h2-5,7H,6,14H2,1H3. The SMILES string of the molecule is Cc1ccccc1Cc1csc(Cl)c1N. The summed E-state index contributed by atoms with van der Waals surface area (Å²) < 4.78 is 0.693. The number of hydrogen-bond acceptors (Lipinski definition) is 2. The van der Waals surface area contributed by atoms with E-state index in [0.717, 1.165) is 17.7 Å². The summed E-state index contributed by atoms with van der Waals surface area (Å²) in [6.07, 6.45) is 0.863. The van der Waals surface area contributed by atoms with Crippen molar-refractivity contribution in [2.24, 2.45) is 0 Å². The smallest absolute Gasteiger partial charge is 0.116 e. The van der Waals surface area contributed by atoms with Gasteiger partial charge in [-0.1, -0.05) is 35.9 Å². The van der Waals surface area contributed by atoms with Gasteiger partial charge in [0.15, 0.2) is 0 Å². The van der Waals surface area contributed by atoms with Crippen molar-refractivity contribution >= 4 is 28.6 Å². The molecule has 0 saturated heterocycles. The molecule has 1 aromatic carbocycles. The quantitative estimate of drug-likeness (QED) is 0.843. The Morgan fingerprint density at radius 3 is 2.60 bits per heavy atom. The first-order valence-corrected chi connectivity index (χ1v) is 6.00. The molecule has 0 unspecified atom stereocenters. The first-order chi connectivity index (χ1) is 7.18. The van der Waals surface area contributed by atoms with Gasteiger partial charge in [0.1, 0.15) is 4.34 Å². The van der Waals surface area contributed by atoms with Crippen LogP contribution in [0.25, 0.3) is 0 Å². The predicted molar refractivity (Wildman–Crippen MR) is 67.7 cm³/mol. The average Bonchev–Trinajstić information content (AvgIpc) is 2.53. The van der Waals surface area contributed by atoms with Crippen LogP contribution in [0.4, 0.5) is 5.69 Å². The van der Waals surface area contributed by atoms with Crippen molar-refractivity contribution < 1.29 is 0 Å². The Bertz CT molecular complexity index is 476. The van der Waals surface area contributed by atoms with Crippen LogP contribution in [0.15, 0.2) is 29.6 Å². The van der Waals surface area contributed by atoms with Crippen molar-refractivity contribution in [3.63, 3.8) is 0 Å². The third-order valence-corrected chi connectivity index (χ3v) is 3.80. The van der Waals surface area contributed by atoms with E-state index in [4.69, 9.17) is 17.3 Å². The number of thiophene rings is 1. The van der Waals surface area contributed by atoms with Gasteiger partial charge in [0.05, 0.1) is 5.69 Å². The summed E-state index contributed by atoms with van der Waals surface area (Å²) in [4.78, 5) is 0. The molecular weight excluding hydrogens is 226 g/mol. The van der Waals surface area contributed by atoms with Crippen LogP contribution < -0.4 is 5.73 Å². The minimum absolute atomic E-state index is 0.693. The number of aryl methyl sites for hydroxylation is 1. The summed E-state index contributed by atoms with van der Waals surface area (Å²) in [5.41, 5.74) is 10.3. The van der Waals surface area contributed by atoms with Crippen molar-refractivity contribution in [1.29, 1.82) is 0 Å². The summed E-state index contributed by atoms with van der Waals surface area (Å²) in [6, 6.07) is 8.33. The maximum atomic E-state index is 5.93. The molecule has 0 aliphatic rings. The fourth-order valence-electron chi connectivity index (χ4n) is 1.53. The van der Waals surface area contributed by atoms with E-state index in [1.165, 1.54) is 22.5 Å². The van der Waals surface area contributed by atoms with Crippen molar-refractivity contribution in [1.82, 2.24) is 0 Å². The zero-order valence-corrected chi connectivity index (χ0v) is 10.0. The lowest BCUT2D eigenvalue weighted by Gasteiger charge is -2.04. The number of halogens is 1. The number of hydrogen-bond donors (Lipinski definition) is 1. The summed E-state index contributed by atoms with van der Waals surface area (Å²) in [6.45, 7) is 2.11. The number of benzene rings is 1. The van der Waals surface area contributed by atoms with Gasteiger partial charge < -0.3 is 5.73 Å². The minimum Gasteiger partial charge on any atom is -0.397 e. The molecule has 1 nitrogen and oxygen atoms in total. The van der Waals surface area contributed by atoms with Gasteiger partial charge in [-0.15, -0.1) is 11.3 Å². The molecule has 2 aromatic rings. The molecule has 2 N–H and O–H groups in total. The average molecular weight is 238 g/mol. The molecule has 78 valence electrons. The lowest BCUT2D eigenvalue weighted by Crippen LogP contribution is -1.94. The molecule has 0 fully saturated rings. The van der Waals surface area contributed by atoms with E-state index in [-0.39, 0.29) is 0 Å². The van der Waals surface area contributed by atoms with E-state index in [2.05, 4.69) is 19.1 Å². The Morgan fingerprint density at radius 2 is 2.00 bits per heavy atom. The summed E-state index contributed by atoms with van der Waals surface area (Å²) in [5, 5.41) is 2.03. The lowest BCUT2D eigenvalue weighted by molar-refractivity contribution is 1.17. The second-order valence-electron chi connectivity index (χ2n) is 3.55. The molecule has 0 atom stereocenters. The Kier molecular flexibility index (Phi) is 2.98. The molecule has 1 aromatic heterocycles. The van der Waals surface area contributed by atoms with Gasteiger partial charge in [0.2, 0.25) is 0 Å². The van der Waals surface area contributed by atoms with Gasteiger partial charge in [0, 0.05) is 6.42 Å². The lowest BCUT2D eigenvalue weighted by atomic mass is 10.0. The fraction of sp³-hybridized carbons (Fsp3) is 0.167. The summed E-state index contributed by atoms with van der Waals surface area (Å²) in [5.74, 6) is 0. The molecule has 0 saturated carbocycles. The maximum absolute atomic E-state index is 5.93. The highest BCUT2D eigenvalue weighted by molar-refractivity contribution is 7.15. The first kappa shape index (κ1) is 10.5. The van der Waals surface area contributed by atoms with E-state index in [9.17, 15) is 0 Å². The topological polar surface area (TPSA) is 26.0 Å². The molecular formula is C12H12ClNS. The van der Waals surface area contributed by atoms with Crippen molar-refractivity contribution in [3.8, 4) is 0 Å². The molecule has 0 spiro atoms. The van der Waals surface area contributed by atoms with Crippen LogP contribution in [-0.2, 0) is 6.42 Å². The second-order valence-corrected chi connectivity index (χ2v) is 5.03. The van der Waals surface area contributed by atoms with Crippen LogP contribution in [0.3, 0.4) is 0 Å². The van der Waals surface area contributed by atoms with Gasteiger partial charge >= 0.3 is 0 Å². The zero-order valence-electron chi connectivity index (χ0n) is 8.46. The molecule has 2 rings (SSSR count). The number of rotatable bonds is 2. The Balaban J connectivity index is 2.30. The van der Waals surface area contributed by atoms with E-state index in [0.29, 0.717) is 4.34 Å². The van der Waals surface area contributed by atoms with E-state index >= 15 is 0 Å². The Labute approximate surface area is 98.5 Å². The fourth-order valence-corrected chi connectivity index (χ4v) is 2.50. The highest BCUT2D eigenvalue weighted by atomic mass is 35.5. The third kappa shape index (κ3) is 2.16. The highest BCUT2D eigenvalue weighted by Crippen LogP contribution is 2.31. The van der Waals surface area contributed by atoms with Crippen molar-refractivity contribution in [2.45, 2.75) is 13.3 Å². The molecule has 15 heavy (non-hydrogen) atoms. The second kappa shape index (κ2) is 4.25. The van der Waals surface area contributed by atoms with Crippen LogP contribution in [0.5, 0.6) is 0 Å². The normalized spacial score (nSPS) is 10.5. The van der Waals surface area contributed by atoms with E-state index in [1.807, 2.05) is 17.5 Å². The molecule has 0 aliphatic heterocycles. The molecule has 0 radical (unpaired) electrons. The first-order valence-electron chi connectivity index (χ1n) is 4.74. The highest BCUT2D eigenvalue weighted by Gasteiger charge is 2.07. The van der Waals surface area contributed by atoms with E-state index < -0.39 is 0 Å². The summed E-state index contributed by atoms with van der Waals surface area (Å²) in [7, 11) is 0. The number of nitrogens with two attached hydrogens (primary N) is 1. The molecule has 0 aliphatic carbocycles. The van der Waals surface area contributed by atoms with Crippen molar-refractivity contribution in [2.75, 3.05) is 5.73 Å². The van der Waals surface area contributed by atoms with E-state index in [1.54, 1.807) is 0 Å². The van der Waals surface area contributed by atoms with Gasteiger partial charge in [-0.2, -0.15) is 0 Å². The molecule has 1 heterocycles. The van der Waals surface area contributed by atoms with Gasteiger partial charge in [-0.25, -0.2) is 0 Å². The Morgan fingerprint density at radius 1 is 1.27 bits per heavy atom. The van der Waals surface area contributed by atoms with Crippen LogP contribution in [0.1, 0.15) is 16.7 Å². The van der Waals surface area contributed by atoms with Gasteiger partial charge in [0.25, 0.3) is 0 Å². The van der Waals surface area contributed by atoms with Crippen molar-refractivity contribution in [3.05, 3.63) is 50.7 Å². The summed E-state index contributed by atoms with van der Waals surface area (Å²) >= 11 is 7.43. The van der Waals surface area contributed by atoms with Crippen LogP contribution in [0, 0.1) is 6.92 Å². The molecule has 3 heteroatoms. The number of anilines is 1. The zero-order chi connectivity index (χ0) is 10.8. The molecule has 0 amide bonds. The van der Waals surface area contributed by atoms with Gasteiger partial charge in [-0.05, 0) is 29.0 Å². The van der Waals surface area contributed by atoms with Gasteiger partial charge in [-0.3, -0.25) is 0 Å². The maximum Gasteiger partial charge on any atom is 0.116 e.